The summed E-state index contributed by atoms with van der Waals surface area (Å²) in [4.78, 5) is 13.8. The van der Waals surface area contributed by atoms with E-state index in [-0.39, 0.29) is 22.8 Å². The predicted octanol–water partition coefficient (Wildman–Crippen LogP) is 2.83. The highest BCUT2D eigenvalue weighted by atomic mass is 79.9. The Morgan fingerprint density at radius 2 is 1.94 bits per heavy atom. The van der Waals surface area contributed by atoms with Gasteiger partial charge in [0.25, 0.3) is 0 Å². The second kappa shape index (κ2) is 6.28. The number of rotatable bonds is 3. The van der Waals surface area contributed by atoms with Crippen LogP contribution in [0.2, 0.25) is 0 Å². The van der Waals surface area contributed by atoms with Crippen LogP contribution in [0.4, 0.5) is 0 Å². The largest absolute Gasteiger partial charge is 0.366 e. The number of hydrogen-bond donors (Lipinski definition) is 0. The molecule has 0 bridgehead atoms. The van der Waals surface area contributed by atoms with Crippen LogP contribution in [0.15, 0.2) is 54.8 Å². The lowest BCUT2D eigenvalue weighted by molar-refractivity contribution is 0.0959. The van der Waals surface area contributed by atoms with Crippen molar-refractivity contribution in [2.75, 3.05) is 13.1 Å². The average molecular weight is 280 g/mol. The van der Waals surface area contributed by atoms with Crippen LogP contribution in [0.25, 0.3) is 0 Å². The van der Waals surface area contributed by atoms with Crippen molar-refractivity contribution in [2.45, 2.75) is 0 Å². The summed E-state index contributed by atoms with van der Waals surface area (Å²) in [5.41, 5.74) is 0.778. The van der Waals surface area contributed by atoms with E-state index in [2.05, 4.69) is 0 Å². The molecule has 0 saturated heterocycles. The van der Waals surface area contributed by atoms with E-state index in [0.717, 1.165) is 12.1 Å². The summed E-state index contributed by atoms with van der Waals surface area (Å²) >= 11 is 0. The Kier molecular flexibility index (Phi) is 4.99. The van der Waals surface area contributed by atoms with E-state index in [4.69, 9.17) is 0 Å². The first kappa shape index (κ1) is 12.7. The van der Waals surface area contributed by atoms with E-state index in [9.17, 15) is 4.79 Å². The molecule has 0 atom stereocenters. The Bertz CT molecular complexity index is 398. The van der Waals surface area contributed by atoms with E-state index in [0.29, 0.717) is 6.54 Å². The number of ketones is 1. The zero-order chi connectivity index (χ0) is 10.5. The molecule has 0 aliphatic carbocycles. The molecule has 84 valence electrons. The van der Waals surface area contributed by atoms with Gasteiger partial charge in [0, 0.05) is 12.1 Å². The second-order valence-corrected chi connectivity index (χ2v) is 3.49. The van der Waals surface area contributed by atoms with Gasteiger partial charge in [0.15, 0.2) is 5.78 Å². The smallest absolute Gasteiger partial charge is 0.182 e. The molecule has 1 aliphatic heterocycles. The molecule has 1 heterocycles. The highest BCUT2D eigenvalue weighted by molar-refractivity contribution is 8.93. The molecule has 3 heteroatoms. The van der Waals surface area contributed by atoms with Crippen LogP contribution >= 0.6 is 17.0 Å². The summed E-state index contributed by atoms with van der Waals surface area (Å²) in [6.07, 6.45) is 7.92. The SMILES string of the molecule is Br.O=C(CN1C=CC=CC1)c1ccccc1. The zero-order valence-electron chi connectivity index (χ0n) is 8.87. The first-order chi connectivity index (χ1) is 7.36. The summed E-state index contributed by atoms with van der Waals surface area (Å²) < 4.78 is 0. The van der Waals surface area contributed by atoms with Crippen molar-refractivity contribution in [3.8, 4) is 0 Å². The van der Waals surface area contributed by atoms with Crippen molar-refractivity contribution in [3.63, 3.8) is 0 Å². The van der Waals surface area contributed by atoms with Crippen LogP contribution in [0, 0.1) is 0 Å². The van der Waals surface area contributed by atoms with E-state index >= 15 is 0 Å². The van der Waals surface area contributed by atoms with Gasteiger partial charge in [0.1, 0.15) is 0 Å². The minimum atomic E-state index is 0. The standard InChI is InChI=1S/C13H13NO.BrH/c15-13(12-7-3-1-4-8-12)11-14-9-5-2-6-10-14;/h1-9H,10-11H2;1H. The quantitative estimate of drug-likeness (QED) is 0.793. The predicted molar refractivity (Wildman–Crippen MR) is 70.9 cm³/mol. The van der Waals surface area contributed by atoms with Crippen molar-refractivity contribution < 1.29 is 4.79 Å². The Morgan fingerprint density at radius 1 is 1.19 bits per heavy atom. The third-order valence-electron chi connectivity index (χ3n) is 2.33. The number of hydrogen-bond acceptors (Lipinski definition) is 2. The normalized spacial score (nSPS) is 13.4. The molecule has 1 aromatic rings. The third kappa shape index (κ3) is 3.35. The van der Waals surface area contributed by atoms with Crippen molar-refractivity contribution in [2.24, 2.45) is 0 Å². The molecule has 0 saturated carbocycles. The highest BCUT2D eigenvalue weighted by Crippen LogP contribution is 2.04. The van der Waals surface area contributed by atoms with Crippen LogP contribution in [-0.2, 0) is 0 Å². The Labute approximate surface area is 106 Å². The number of halogens is 1. The van der Waals surface area contributed by atoms with E-state index in [1.807, 2.05) is 59.7 Å². The number of nitrogens with zero attached hydrogens (tertiary/aromatic N) is 1. The van der Waals surface area contributed by atoms with Crippen molar-refractivity contribution >= 4 is 22.8 Å². The summed E-state index contributed by atoms with van der Waals surface area (Å²) in [7, 11) is 0. The lowest BCUT2D eigenvalue weighted by Crippen LogP contribution is -2.26. The maximum Gasteiger partial charge on any atom is 0.182 e. The van der Waals surface area contributed by atoms with Gasteiger partial charge < -0.3 is 4.90 Å². The second-order valence-electron chi connectivity index (χ2n) is 3.49. The Hall–Kier alpha value is -1.35. The first-order valence-corrected chi connectivity index (χ1v) is 5.02. The minimum Gasteiger partial charge on any atom is -0.366 e. The molecular formula is C13H14BrNO. The molecule has 1 aromatic carbocycles. The molecule has 0 radical (unpaired) electrons. The molecule has 1 aliphatic rings. The van der Waals surface area contributed by atoms with Gasteiger partial charge in [-0.05, 0) is 12.3 Å². The van der Waals surface area contributed by atoms with Crippen LogP contribution in [0.1, 0.15) is 10.4 Å². The van der Waals surface area contributed by atoms with Crippen LogP contribution in [0.5, 0.6) is 0 Å². The third-order valence-corrected chi connectivity index (χ3v) is 2.33. The minimum absolute atomic E-state index is 0. The fraction of sp³-hybridized carbons (Fsp3) is 0.154. The van der Waals surface area contributed by atoms with Gasteiger partial charge in [-0.1, -0.05) is 42.5 Å². The topological polar surface area (TPSA) is 20.3 Å². The molecule has 0 spiro atoms. The van der Waals surface area contributed by atoms with Crippen molar-refractivity contribution in [1.29, 1.82) is 0 Å². The number of carbonyl (C=O) groups is 1. The molecule has 2 nitrogen and oxygen atoms in total. The highest BCUT2D eigenvalue weighted by Gasteiger charge is 2.08. The molecule has 16 heavy (non-hydrogen) atoms. The number of benzene rings is 1. The molecule has 0 unspecified atom stereocenters. The van der Waals surface area contributed by atoms with E-state index < -0.39 is 0 Å². The lowest BCUT2D eigenvalue weighted by Gasteiger charge is -2.19. The van der Waals surface area contributed by atoms with E-state index in [1.54, 1.807) is 0 Å². The Balaban J connectivity index is 0.00000128. The van der Waals surface area contributed by atoms with Crippen molar-refractivity contribution in [3.05, 3.63) is 60.3 Å². The van der Waals surface area contributed by atoms with Crippen LogP contribution < -0.4 is 0 Å². The molecule has 0 aromatic heterocycles. The van der Waals surface area contributed by atoms with E-state index in [1.165, 1.54) is 0 Å². The fourth-order valence-electron chi connectivity index (χ4n) is 1.52. The number of carbonyl (C=O) groups excluding carboxylic acids is 1. The first-order valence-electron chi connectivity index (χ1n) is 5.02. The Morgan fingerprint density at radius 3 is 2.56 bits per heavy atom. The number of Topliss-reactive ketones (excluding diaryl/α,β-unsaturated/α-hetero) is 1. The molecule has 0 fully saturated rings. The van der Waals surface area contributed by atoms with Gasteiger partial charge in [-0.15, -0.1) is 17.0 Å². The van der Waals surface area contributed by atoms with Crippen LogP contribution in [0.3, 0.4) is 0 Å². The van der Waals surface area contributed by atoms with Crippen molar-refractivity contribution in [1.82, 2.24) is 4.90 Å². The van der Waals surface area contributed by atoms with Gasteiger partial charge in [-0.2, -0.15) is 0 Å². The lowest BCUT2D eigenvalue weighted by atomic mass is 10.1. The monoisotopic (exact) mass is 279 g/mol. The van der Waals surface area contributed by atoms with Gasteiger partial charge in [-0.25, -0.2) is 0 Å². The van der Waals surface area contributed by atoms with Crippen LogP contribution in [-0.4, -0.2) is 23.8 Å². The molecule has 2 rings (SSSR count). The maximum atomic E-state index is 11.8. The molecule has 0 amide bonds. The fourth-order valence-corrected chi connectivity index (χ4v) is 1.52. The summed E-state index contributed by atoms with van der Waals surface area (Å²) in [5, 5.41) is 0. The zero-order valence-corrected chi connectivity index (χ0v) is 10.6. The van der Waals surface area contributed by atoms with Gasteiger partial charge in [0.05, 0.1) is 6.54 Å². The van der Waals surface area contributed by atoms with Gasteiger partial charge in [0.2, 0.25) is 0 Å². The average Bonchev–Trinajstić information content (AvgIpc) is 2.31. The summed E-state index contributed by atoms with van der Waals surface area (Å²) in [5.74, 6) is 0.163. The molecule has 0 N–H and O–H groups in total. The number of allylic oxidation sites excluding steroid dienone is 2. The maximum absolute atomic E-state index is 11.8. The van der Waals surface area contributed by atoms with Gasteiger partial charge >= 0.3 is 0 Å². The summed E-state index contributed by atoms with van der Waals surface area (Å²) in [6, 6.07) is 9.40. The summed E-state index contributed by atoms with van der Waals surface area (Å²) in [6.45, 7) is 1.26. The van der Waals surface area contributed by atoms with Gasteiger partial charge in [-0.3, -0.25) is 4.79 Å². The molecular weight excluding hydrogens is 266 g/mol.